The number of aromatic nitrogens is 1. The summed E-state index contributed by atoms with van der Waals surface area (Å²) in [6.07, 6.45) is 1.16. The third kappa shape index (κ3) is 2.63. The molecule has 18 heavy (non-hydrogen) atoms. The number of nitrogens with two attached hydrogens (primary N) is 1. The number of benzene rings is 1. The first-order chi connectivity index (χ1) is 8.38. The number of anilines is 1. The second-order valence-corrected chi connectivity index (χ2v) is 6.29. The Morgan fingerprint density at radius 1 is 1.11 bits per heavy atom. The van der Waals surface area contributed by atoms with E-state index in [0.717, 1.165) is 11.8 Å². The third-order valence-corrected chi connectivity index (χ3v) is 3.86. The lowest BCUT2D eigenvalue weighted by molar-refractivity contribution is 0.602. The number of pyridine rings is 1. The number of rotatable bonds is 2. The number of nitrogen functional groups attached to an aromatic ring is 1. The van der Waals surface area contributed by atoms with Crippen LogP contribution in [-0.2, 0) is 9.84 Å². The van der Waals surface area contributed by atoms with Crippen LogP contribution in [0, 0.1) is 0 Å². The average Bonchev–Trinajstić information content (AvgIpc) is 2.31. The Labute approximate surface area is 110 Å². The molecule has 0 saturated carbocycles. The van der Waals surface area contributed by atoms with Crippen molar-refractivity contribution in [2.45, 2.75) is 4.90 Å². The van der Waals surface area contributed by atoms with E-state index in [0.29, 0.717) is 16.5 Å². The van der Waals surface area contributed by atoms with Gasteiger partial charge in [-0.2, -0.15) is 0 Å². The lowest BCUT2D eigenvalue weighted by Crippen LogP contribution is -1.97. The fourth-order valence-corrected chi connectivity index (χ4v) is 2.36. The van der Waals surface area contributed by atoms with Crippen molar-refractivity contribution in [1.29, 1.82) is 0 Å². The van der Waals surface area contributed by atoms with Crippen LogP contribution in [0.2, 0.25) is 5.02 Å². The topological polar surface area (TPSA) is 73.0 Å². The molecule has 0 unspecified atom stereocenters. The molecule has 0 aliphatic carbocycles. The van der Waals surface area contributed by atoms with Gasteiger partial charge in [-0.05, 0) is 24.3 Å². The molecule has 0 spiro atoms. The van der Waals surface area contributed by atoms with Crippen LogP contribution in [0.15, 0.2) is 41.3 Å². The first-order valence-corrected chi connectivity index (χ1v) is 7.37. The van der Waals surface area contributed by atoms with E-state index in [1.165, 1.54) is 12.1 Å². The van der Waals surface area contributed by atoms with Crippen LogP contribution in [0.25, 0.3) is 11.3 Å². The highest BCUT2D eigenvalue weighted by Crippen LogP contribution is 2.27. The van der Waals surface area contributed by atoms with E-state index in [1.807, 2.05) is 0 Å². The summed E-state index contributed by atoms with van der Waals surface area (Å²) in [7, 11) is -3.20. The molecule has 6 heteroatoms. The smallest absolute Gasteiger partial charge is 0.175 e. The number of hydrogen-bond acceptors (Lipinski definition) is 4. The van der Waals surface area contributed by atoms with Gasteiger partial charge in [0.1, 0.15) is 5.82 Å². The highest BCUT2D eigenvalue weighted by Gasteiger charge is 2.09. The Morgan fingerprint density at radius 2 is 1.72 bits per heavy atom. The number of sulfone groups is 1. The van der Waals surface area contributed by atoms with E-state index < -0.39 is 9.84 Å². The van der Waals surface area contributed by atoms with Crippen molar-refractivity contribution < 1.29 is 8.42 Å². The fourth-order valence-electron chi connectivity index (χ4n) is 1.52. The summed E-state index contributed by atoms with van der Waals surface area (Å²) < 4.78 is 22.7. The van der Waals surface area contributed by atoms with Crippen molar-refractivity contribution in [3.8, 4) is 11.3 Å². The summed E-state index contributed by atoms with van der Waals surface area (Å²) in [6, 6.07) is 9.62. The zero-order valence-electron chi connectivity index (χ0n) is 9.59. The average molecular weight is 283 g/mol. The molecule has 0 aliphatic heterocycles. The van der Waals surface area contributed by atoms with E-state index in [2.05, 4.69) is 4.98 Å². The Hall–Kier alpha value is -1.59. The van der Waals surface area contributed by atoms with Gasteiger partial charge in [-0.15, -0.1) is 0 Å². The van der Waals surface area contributed by atoms with Crippen LogP contribution < -0.4 is 5.73 Å². The lowest BCUT2D eigenvalue weighted by Gasteiger charge is -2.05. The van der Waals surface area contributed by atoms with Gasteiger partial charge in [0.05, 0.1) is 15.6 Å². The Kier molecular flexibility index (Phi) is 3.28. The second kappa shape index (κ2) is 4.59. The minimum absolute atomic E-state index is 0.256. The van der Waals surface area contributed by atoms with Crippen LogP contribution in [-0.4, -0.2) is 19.7 Å². The monoisotopic (exact) mass is 282 g/mol. The summed E-state index contributed by atoms with van der Waals surface area (Å²) in [5, 5.41) is 0.469. The molecule has 0 bridgehead atoms. The minimum atomic E-state index is -3.20. The van der Waals surface area contributed by atoms with Crippen molar-refractivity contribution in [2.75, 3.05) is 12.0 Å². The first-order valence-electron chi connectivity index (χ1n) is 5.10. The Bertz CT molecular complexity index is 682. The molecule has 94 valence electrons. The Morgan fingerprint density at radius 3 is 2.28 bits per heavy atom. The zero-order valence-corrected chi connectivity index (χ0v) is 11.2. The van der Waals surface area contributed by atoms with Crippen molar-refractivity contribution in [3.05, 3.63) is 41.4 Å². The van der Waals surface area contributed by atoms with Gasteiger partial charge in [0.15, 0.2) is 9.84 Å². The summed E-state index contributed by atoms with van der Waals surface area (Å²) in [5.41, 5.74) is 6.86. The van der Waals surface area contributed by atoms with Gasteiger partial charge in [0, 0.05) is 11.8 Å². The predicted molar refractivity (Wildman–Crippen MR) is 72.2 cm³/mol. The maximum Gasteiger partial charge on any atom is 0.175 e. The first kappa shape index (κ1) is 12.9. The van der Waals surface area contributed by atoms with Crippen molar-refractivity contribution >= 4 is 27.3 Å². The molecule has 0 amide bonds. The van der Waals surface area contributed by atoms with Gasteiger partial charge in [-0.3, -0.25) is 0 Å². The summed E-state index contributed by atoms with van der Waals surface area (Å²) >= 11 is 6.02. The number of hydrogen-bond donors (Lipinski definition) is 1. The molecule has 2 N–H and O–H groups in total. The quantitative estimate of drug-likeness (QED) is 0.918. The molecule has 1 aromatic carbocycles. The highest BCUT2D eigenvalue weighted by molar-refractivity contribution is 7.90. The maximum absolute atomic E-state index is 11.3. The normalized spacial score (nSPS) is 11.4. The fraction of sp³-hybridized carbons (Fsp3) is 0.0833. The van der Waals surface area contributed by atoms with Crippen LogP contribution >= 0.6 is 11.6 Å². The summed E-state index contributed by atoms with van der Waals surface area (Å²) in [4.78, 5) is 4.39. The summed E-state index contributed by atoms with van der Waals surface area (Å²) in [6.45, 7) is 0. The Balaban J connectivity index is 2.50. The number of nitrogens with zero attached hydrogens (tertiary/aromatic N) is 1. The van der Waals surface area contributed by atoms with Gasteiger partial charge in [-0.25, -0.2) is 13.4 Å². The third-order valence-electron chi connectivity index (χ3n) is 2.42. The zero-order chi connectivity index (χ0) is 13.3. The lowest BCUT2D eigenvalue weighted by atomic mass is 10.1. The molecule has 0 fully saturated rings. The second-order valence-electron chi connectivity index (χ2n) is 3.86. The van der Waals surface area contributed by atoms with Gasteiger partial charge in [0.25, 0.3) is 0 Å². The SMILES string of the molecule is CS(=O)(=O)c1ccc(-c2nc(N)ccc2Cl)cc1. The van der Waals surface area contributed by atoms with Crippen LogP contribution in [0.4, 0.5) is 5.82 Å². The van der Waals surface area contributed by atoms with Gasteiger partial charge in [0.2, 0.25) is 0 Å². The highest BCUT2D eigenvalue weighted by atomic mass is 35.5. The molecule has 0 atom stereocenters. The molecule has 2 rings (SSSR count). The van der Waals surface area contributed by atoms with Gasteiger partial charge >= 0.3 is 0 Å². The largest absolute Gasteiger partial charge is 0.384 e. The molecule has 1 aromatic heterocycles. The molecular weight excluding hydrogens is 272 g/mol. The van der Waals surface area contributed by atoms with E-state index in [4.69, 9.17) is 17.3 Å². The summed E-state index contributed by atoms with van der Waals surface area (Å²) in [5.74, 6) is 0.363. The van der Waals surface area contributed by atoms with E-state index in [1.54, 1.807) is 24.3 Å². The van der Waals surface area contributed by atoms with Crippen molar-refractivity contribution in [3.63, 3.8) is 0 Å². The van der Waals surface area contributed by atoms with E-state index >= 15 is 0 Å². The van der Waals surface area contributed by atoms with Gasteiger partial charge in [-0.1, -0.05) is 23.7 Å². The van der Waals surface area contributed by atoms with Crippen LogP contribution in [0.1, 0.15) is 0 Å². The van der Waals surface area contributed by atoms with E-state index in [-0.39, 0.29) is 4.90 Å². The molecule has 0 saturated heterocycles. The van der Waals surface area contributed by atoms with Crippen molar-refractivity contribution in [1.82, 2.24) is 4.98 Å². The molecule has 4 nitrogen and oxygen atoms in total. The van der Waals surface area contributed by atoms with E-state index in [9.17, 15) is 8.42 Å². The minimum Gasteiger partial charge on any atom is -0.384 e. The molecule has 0 aliphatic rings. The van der Waals surface area contributed by atoms with Crippen molar-refractivity contribution in [2.24, 2.45) is 0 Å². The van der Waals surface area contributed by atoms with Crippen LogP contribution in [0.5, 0.6) is 0 Å². The van der Waals surface area contributed by atoms with Crippen LogP contribution in [0.3, 0.4) is 0 Å². The van der Waals surface area contributed by atoms with Gasteiger partial charge < -0.3 is 5.73 Å². The number of halogens is 1. The maximum atomic E-state index is 11.3. The molecular formula is C12H11ClN2O2S. The molecule has 1 heterocycles. The molecule has 0 radical (unpaired) electrons. The standard InChI is InChI=1S/C12H11ClN2O2S/c1-18(16,17)9-4-2-8(3-5-9)12-10(13)6-7-11(14)15-12/h2-7H,1H3,(H2,14,15). The molecule has 2 aromatic rings. The predicted octanol–water partition coefficient (Wildman–Crippen LogP) is 2.39.